The second-order valence-electron chi connectivity index (χ2n) is 5.59. The highest BCUT2D eigenvalue weighted by Gasteiger charge is 2.33. The summed E-state index contributed by atoms with van der Waals surface area (Å²) in [6.45, 7) is 4.36. The van der Waals surface area contributed by atoms with Gasteiger partial charge in [0.1, 0.15) is 0 Å². The molecule has 4 nitrogen and oxygen atoms in total. The minimum atomic E-state index is -0.431. The first kappa shape index (κ1) is 12.2. The fraction of sp³-hybridized carbons (Fsp3) is 0.467. The van der Waals surface area contributed by atoms with Gasteiger partial charge in [0.2, 0.25) is 0 Å². The Morgan fingerprint density at radius 1 is 1.26 bits per heavy atom. The van der Waals surface area contributed by atoms with Crippen LogP contribution in [0, 0.1) is 5.92 Å². The van der Waals surface area contributed by atoms with Gasteiger partial charge in [0.15, 0.2) is 0 Å². The van der Waals surface area contributed by atoms with Gasteiger partial charge < -0.3 is 9.80 Å². The number of rotatable bonds is 1. The van der Waals surface area contributed by atoms with E-state index < -0.39 is 11.7 Å². The molecule has 1 atom stereocenters. The van der Waals surface area contributed by atoms with Crippen molar-refractivity contribution in [2.75, 3.05) is 29.9 Å². The third kappa shape index (κ3) is 1.91. The normalized spacial score (nSPS) is 22.9. The Morgan fingerprint density at radius 3 is 2.79 bits per heavy atom. The quantitative estimate of drug-likeness (QED) is 0.724. The van der Waals surface area contributed by atoms with E-state index in [-0.39, 0.29) is 0 Å². The molecule has 1 aromatic carbocycles. The van der Waals surface area contributed by atoms with Crippen molar-refractivity contribution >= 4 is 23.1 Å². The molecular formula is C15H18N2O2. The highest BCUT2D eigenvalue weighted by atomic mass is 16.2. The third-order valence-corrected chi connectivity index (χ3v) is 4.11. The largest absolute Gasteiger partial charge is 0.371 e. The van der Waals surface area contributed by atoms with Crippen LogP contribution < -0.4 is 9.80 Å². The molecule has 2 aliphatic heterocycles. The van der Waals surface area contributed by atoms with E-state index in [2.05, 4.69) is 11.8 Å². The number of piperidine rings is 1. The van der Waals surface area contributed by atoms with E-state index in [1.807, 2.05) is 12.1 Å². The molecule has 1 unspecified atom stereocenters. The third-order valence-electron chi connectivity index (χ3n) is 4.11. The van der Waals surface area contributed by atoms with Gasteiger partial charge in [-0.15, -0.1) is 0 Å². The monoisotopic (exact) mass is 258 g/mol. The van der Waals surface area contributed by atoms with Crippen LogP contribution in [0.1, 0.15) is 30.1 Å². The van der Waals surface area contributed by atoms with E-state index in [0.717, 1.165) is 24.5 Å². The average Bonchev–Trinajstić information content (AvgIpc) is 2.64. The van der Waals surface area contributed by atoms with Crippen molar-refractivity contribution in [2.24, 2.45) is 5.92 Å². The molecule has 1 amide bonds. The predicted octanol–water partition coefficient (Wildman–Crippen LogP) is 2.08. The number of amides is 1. The number of Topliss-reactive ketones (excluding diaryl/α,β-unsaturated/α-hetero) is 1. The second-order valence-corrected chi connectivity index (χ2v) is 5.59. The molecule has 2 aliphatic rings. The van der Waals surface area contributed by atoms with Gasteiger partial charge in [-0.3, -0.25) is 9.59 Å². The lowest BCUT2D eigenvalue weighted by Gasteiger charge is -2.33. The van der Waals surface area contributed by atoms with Crippen LogP contribution in [0.2, 0.25) is 0 Å². The lowest BCUT2D eigenvalue weighted by Crippen LogP contribution is -2.34. The number of fused-ring (bicyclic) bond motifs is 1. The maximum Gasteiger partial charge on any atom is 0.299 e. The number of likely N-dealkylation sites (N-methyl/N-ethyl adjacent to an activating group) is 1. The highest BCUT2D eigenvalue weighted by Crippen LogP contribution is 2.33. The van der Waals surface area contributed by atoms with Crippen LogP contribution in [-0.4, -0.2) is 31.8 Å². The zero-order chi connectivity index (χ0) is 13.6. The van der Waals surface area contributed by atoms with Crippen LogP contribution >= 0.6 is 0 Å². The molecule has 0 bridgehead atoms. The number of carbonyl (C=O) groups excluding carboxylic acids is 2. The van der Waals surface area contributed by atoms with Gasteiger partial charge >= 0.3 is 0 Å². The van der Waals surface area contributed by atoms with Crippen LogP contribution in [0.25, 0.3) is 0 Å². The van der Waals surface area contributed by atoms with Crippen LogP contribution in [0.3, 0.4) is 0 Å². The summed E-state index contributed by atoms with van der Waals surface area (Å²) < 4.78 is 0. The number of anilines is 2. The molecule has 0 aliphatic carbocycles. The zero-order valence-corrected chi connectivity index (χ0v) is 11.3. The van der Waals surface area contributed by atoms with Crippen molar-refractivity contribution < 1.29 is 9.59 Å². The predicted molar refractivity (Wildman–Crippen MR) is 74.8 cm³/mol. The van der Waals surface area contributed by atoms with E-state index in [9.17, 15) is 9.59 Å². The van der Waals surface area contributed by atoms with Gasteiger partial charge in [-0.25, -0.2) is 0 Å². The summed E-state index contributed by atoms with van der Waals surface area (Å²) in [4.78, 5) is 27.2. The molecule has 4 heteroatoms. The Morgan fingerprint density at radius 2 is 2.05 bits per heavy atom. The van der Waals surface area contributed by atoms with E-state index in [4.69, 9.17) is 0 Å². The van der Waals surface area contributed by atoms with E-state index >= 15 is 0 Å². The van der Waals surface area contributed by atoms with Crippen LogP contribution in [0.5, 0.6) is 0 Å². The lowest BCUT2D eigenvalue weighted by atomic mass is 9.99. The van der Waals surface area contributed by atoms with Gasteiger partial charge in [0.25, 0.3) is 11.7 Å². The Kier molecular flexibility index (Phi) is 2.81. The van der Waals surface area contributed by atoms with Crippen molar-refractivity contribution in [1.29, 1.82) is 0 Å². The molecule has 2 heterocycles. The fourth-order valence-corrected chi connectivity index (χ4v) is 2.99. The molecule has 3 rings (SSSR count). The highest BCUT2D eigenvalue weighted by molar-refractivity contribution is 6.52. The molecule has 0 radical (unpaired) electrons. The lowest BCUT2D eigenvalue weighted by molar-refractivity contribution is -0.114. The molecule has 0 aromatic heterocycles. The smallest absolute Gasteiger partial charge is 0.299 e. The zero-order valence-electron chi connectivity index (χ0n) is 11.3. The number of ketones is 1. The fourth-order valence-electron chi connectivity index (χ4n) is 2.99. The standard InChI is InChI=1S/C15H18N2O2/c1-10-4-3-7-17(9-10)11-5-6-12-13(8-11)16(2)15(19)14(12)18/h5-6,8,10H,3-4,7,9H2,1-2H3. The minimum absolute atomic E-state index is 0.393. The SMILES string of the molecule is CC1CCCN(c2ccc3c(c2)N(C)C(=O)C3=O)C1. The molecule has 19 heavy (non-hydrogen) atoms. The summed E-state index contributed by atoms with van der Waals surface area (Å²) >= 11 is 0. The maximum atomic E-state index is 11.7. The van der Waals surface area contributed by atoms with Gasteiger partial charge in [0, 0.05) is 25.8 Å². The van der Waals surface area contributed by atoms with Crippen molar-refractivity contribution in [2.45, 2.75) is 19.8 Å². The van der Waals surface area contributed by atoms with Crippen molar-refractivity contribution in [3.05, 3.63) is 23.8 Å². The topological polar surface area (TPSA) is 40.6 Å². The summed E-state index contributed by atoms with van der Waals surface area (Å²) in [7, 11) is 1.66. The Balaban J connectivity index is 1.94. The Bertz CT molecular complexity index is 553. The summed E-state index contributed by atoms with van der Waals surface area (Å²) in [6.07, 6.45) is 2.48. The number of benzene rings is 1. The van der Waals surface area contributed by atoms with Gasteiger partial charge in [-0.2, -0.15) is 0 Å². The minimum Gasteiger partial charge on any atom is -0.371 e. The second kappa shape index (κ2) is 4.37. The molecule has 0 spiro atoms. The van der Waals surface area contributed by atoms with E-state index in [1.165, 1.54) is 17.7 Å². The summed E-state index contributed by atoms with van der Waals surface area (Å²) in [5.41, 5.74) is 2.38. The molecule has 0 saturated carbocycles. The van der Waals surface area contributed by atoms with Crippen LogP contribution in [0.4, 0.5) is 11.4 Å². The van der Waals surface area contributed by atoms with Crippen LogP contribution in [-0.2, 0) is 4.79 Å². The first-order valence-electron chi connectivity index (χ1n) is 6.79. The number of nitrogens with zero attached hydrogens (tertiary/aromatic N) is 2. The van der Waals surface area contributed by atoms with Gasteiger partial charge in [0.05, 0.1) is 11.3 Å². The van der Waals surface area contributed by atoms with Crippen molar-refractivity contribution in [1.82, 2.24) is 0 Å². The first-order valence-corrected chi connectivity index (χ1v) is 6.79. The van der Waals surface area contributed by atoms with Gasteiger partial charge in [-0.05, 0) is 37.0 Å². The Hall–Kier alpha value is -1.84. The molecular weight excluding hydrogens is 240 g/mol. The first-order chi connectivity index (χ1) is 9.08. The van der Waals surface area contributed by atoms with E-state index in [1.54, 1.807) is 13.1 Å². The average molecular weight is 258 g/mol. The van der Waals surface area contributed by atoms with E-state index in [0.29, 0.717) is 11.5 Å². The van der Waals surface area contributed by atoms with Crippen molar-refractivity contribution in [3.8, 4) is 0 Å². The van der Waals surface area contributed by atoms with Crippen molar-refractivity contribution in [3.63, 3.8) is 0 Å². The maximum absolute atomic E-state index is 11.7. The summed E-state index contributed by atoms with van der Waals surface area (Å²) in [5, 5.41) is 0. The van der Waals surface area contributed by atoms with Gasteiger partial charge in [-0.1, -0.05) is 6.92 Å². The number of hydrogen-bond donors (Lipinski definition) is 0. The molecule has 1 saturated heterocycles. The van der Waals surface area contributed by atoms with Crippen LogP contribution in [0.15, 0.2) is 18.2 Å². The molecule has 1 fully saturated rings. The molecule has 100 valence electrons. The summed E-state index contributed by atoms with van der Waals surface area (Å²) in [5.74, 6) is -0.127. The molecule has 1 aromatic rings. The summed E-state index contributed by atoms with van der Waals surface area (Å²) in [6, 6.07) is 5.71. The Labute approximate surface area is 113 Å². The number of hydrogen-bond acceptors (Lipinski definition) is 3. The number of carbonyl (C=O) groups is 2. The molecule has 0 N–H and O–H groups in total.